The number of aliphatic imine (C=N–C) groups is 1. The maximum Gasteiger partial charge on any atom is 0.407 e. The van der Waals surface area contributed by atoms with Gasteiger partial charge in [0.2, 0.25) is 29.5 Å². The van der Waals surface area contributed by atoms with Crippen LogP contribution in [0.5, 0.6) is 11.5 Å². The number of rotatable bonds is 38. The number of hydrogen-bond donors (Lipinski definition) is 13. The van der Waals surface area contributed by atoms with Crippen LogP contribution in [0.3, 0.4) is 0 Å². The monoisotopic (exact) mass is 1440 g/mol. The molecule has 104 heavy (non-hydrogen) atoms. The number of hydrogen-bond acceptors (Lipinski definition) is 18. The lowest BCUT2D eigenvalue weighted by atomic mass is 9.90. The second kappa shape index (κ2) is 43.3. The van der Waals surface area contributed by atoms with Gasteiger partial charge in [-0.25, -0.2) is 9.59 Å². The Morgan fingerprint density at radius 1 is 0.529 bits per heavy atom. The first-order valence-electron chi connectivity index (χ1n) is 35.2. The highest BCUT2D eigenvalue weighted by Gasteiger charge is 2.32. The minimum Gasteiger partial charge on any atom is -0.508 e. The van der Waals surface area contributed by atoms with Crippen LogP contribution in [-0.2, 0) is 49.6 Å². The van der Waals surface area contributed by atoms with E-state index >= 15 is 0 Å². The average Bonchev–Trinajstić information content (AvgIpc) is 1.62. The van der Waals surface area contributed by atoms with Crippen molar-refractivity contribution in [3.63, 3.8) is 0 Å². The smallest absolute Gasteiger partial charge is 0.407 e. The zero-order chi connectivity index (χ0) is 74.6. The van der Waals surface area contributed by atoms with Gasteiger partial charge in [0.05, 0.1) is 38.7 Å². The fourth-order valence-corrected chi connectivity index (χ4v) is 12.1. The highest BCUT2D eigenvalue weighted by Crippen LogP contribution is 2.44. The number of benzene rings is 5. The molecule has 8 amide bonds. The SMILES string of the molecule is CCC(=O)NCCNC(=O)NC(N)=NCCC[C@@H](NC(=O)C(c1ccccc1)c1cccc(OCCCCNC(=O)[C@@H](CCCCNC(=O)CN2CCN(CC(=O)O)CCN(CC(=O)O)CCN(CC(=O)O)CC2)NC(=O)OCC2c3ccccc3-c3ccccc32)c1)C(=O)NCc1ccc(O)cc1. The van der Waals surface area contributed by atoms with Gasteiger partial charge in [-0.3, -0.25) is 68.3 Å². The fourth-order valence-electron chi connectivity index (χ4n) is 12.1. The number of carboxylic acids is 3. The molecule has 2 aliphatic rings. The number of carboxylic acid groups (broad SMARTS) is 3. The van der Waals surface area contributed by atoms with Gasteiger partial charge >= 0.3 is 30.0 Å². The summed E-state index contributed by atoms with van der Waals surface area (Å²) in [6.45, 7) is 3.97. The molecule has 5 aromatic carbocycles. The van der Waals surface area contributed by atoms with Gasteiger partial charge in [0, 0.05) is 104 Å². The van der Waals surface area contributed by atoms with Crippen LogP contribution in [0.4, 0.5) is 9.59 Å². The van der Waals surface area contributed by atoms with Gasteiger partial charge in [-0.1, -0.05) is 110 Å². The summed E-state index contributed by atoms with van der Waals surface area (Å²) in [6.07, 6.45) is 1.90. The second-order valence-electron chi connectivity index (χ2n) is 25.4. The van der Waals surface area contributed by atoms with E-state index in [2.05, 4.69) is 47.5 Å². The number of alkyl carbamates (subject to hydrolysis) is 1. The van der Waals surface area contributed by atoms with E-state index in [1.165, 1.54) is 12.1 Å². The molecule has 0 aromatic heterocycles. The summed E-state index contributed by atoms with van der Waals surface area (Å²) < 4.78 is 12.1. The molecule has 0 bridgehead atoms. The molecular weight excluding hydrogens is 1340 g/mol. The predicted molar refractivity (Wildman–Crippen MR) is 387 cm³/mol. The van der Waals surface area contributed by atoms with Crippen molar-refractivity contribution in [1.29, 1.82) is 0 Å². The second-order valence-corrected chi connectivity index (χ2v) is 25.4. The Kier molecular flexibility index (Phi) is 33.6. The Bertz CT molecular complexity index is 3600. The number of aliphatic carboxylic acids is 3. The summed E-state index contributed by atoms with van der Waals surface area (Å²) in [6, 6.07) is 35.6. The van der Waals surface area contributed by atoms with Crippen LogP contribution >= 0.6 is 0 Å². The number of phenolic OH excluding ortho intramolecular Hbond substituents is 1. The number of amides is 8. The number of fused-ring (bicyclic) bond motifs is 3. The minimum atomic E-state index is -1.06. The van der Waals surface area contributed by atoms with Crippen molar-refractivity contribution < 1.29 is 77.8 Å². The summed E-state index contributed by atoms with van der Waals surface area (Å²) >= 11 is 0. The molecule has 7 rings (SSSR count). The highest BCUT2D eigenvalue weighted by molar-refractivity contribution is 5.95. The Morgan fingerprint density at radius 2 is 1.05 bits per heavy atom. The van der Waals surface area contributed by atoms with Crippen molar-refractivity contribution in [1.82, 2.24) is 62.1 Å². The van der Waals surface area contributed by atoms with Crippen molar-refractivity contribution in [3.05, 3.63) is 155 Å². The average molecular weight is 1440 g/mol. The maximum atomic E-state index is 14.7. The van der Waals surface area contributed by atoms with Gasteiger partial charge in [0.15, 0.2) is 5.96 Å². The zero-order valence-electron chi connectivity index (χ0n) is 58.7. The van der Waals surface area contributed by atoms with E-state index in [0.29, 0.717) is 54.5 Å². The Morgan fingerprint density at radius 3 is 1.65 bits per heavy atom. The van der Waals surface area contributed by atoms with E-state index in [1.54, 1.807) is 70.2 Å². The number of nitrogens with two attached hydrogens (primary N) is 1. The minimum absolute atomic E-state index is 0.0205. The number of unbranched alkanes of at least 4 members (excludes halogenated alkanes) is 2. The molecule has 0 saturated carbocycles. The van der Waals surface area contributed by atoms with Crippen molar-refractivity contribution in [2.45, 2.75) is 88.8 Å². The van der Waals surface area contributed by atoms with Crippen molar-refractivity contribution in [2.24, 2.45) is 10.7 Å². The predicted octanol–water partition coefficient (Wildman–Crippen LogP) is 3.19. The topological polar surface area (TPSA) is 418 Å². The molecule has 0 radical (unpaired) electrons. The first kappa shape index (κ1) is 80.6. The number of nitrogens with one attached hydrogen (secondary N) is 8. The van der Waals surface area contributed by atoms with Gasteiger partial charge in [-0.15, -0.1) is 0 Å². The molecule has 30 heteroatoms. The van der Waals surface area contributed by atoms with E-state index in [-0.39, 0.29) is 180 Å². The molecular formula is C74H98N14O16. The molecule has 5 aromatic rings. The van der Waals surface area contributed by atoms with Gasteiger partial charge in [0.1, 0.15) is 30.2 Å². The third-order valence-electron chi connectivity index (χ3n) is 17.6. The summed E-state index contributed by atoms with van der Waals surface area (Å²) in [4.78, 5) is 140. The van der Waals surface area contributed by atoms with E-state index in [0.717, 1.165) is 22.3 Å². The molecule has 1 fully saturated rings. The van der Waals surface area contributed by atoms with Crippen molar-refractivity contribution in [3.8, 4) is 22.6 Å². The Labute approximate surface area is 604 Å². The number of aromatic hydroxyl groups is 1. The van der Waals surface area contributed by atoms with Crippen molar-refractivity contribution >= 4 is 65.5 Å². The third kappa shape index (κ3) is 28.3. The molecule has 3 atom stereocenters. The molecule has 1 heterocycles. The van der Waals surface area contributed by atoms with Gasteiger partial charge in [-0.05, 0) is 108 Å². The summed E-state index contributed by atoms with van der Waals surface area (Å²) in [7, 11) is 0. The molecule has 30 nitrogen and oxygen atoms in total. The summed E-state index contributed by atoms with van der Waals surface area (Å²) in [5, 5.41) is 60.8. The molecule has 1 unspecified atom stereocenters. The number of guanidine groups is 1. The van der Waals surface area contributed by atoms with E-state index < -0.39 is 65.8 Å². The van der Waals surface area contributed by atoms with Crippen LogP contribution in [0.1, 0.15) is 97.9 Å². The molecule has 0 spiro atoms. The first-order chi connectivity index (χ1) is 50.2. The van der Waals surface area contributed by atoms with Gasteiger partial charge in [-0.2, -0.15) is 0 Å². The Hall–Kier alpha value is -10.7. The lowest BCUT2D eigenvalue weighted by Crippen LogP contribution is -2.49. The summed E-state index contributed by atoms with van der Waals surface area (Å²) in [5.41, 5.74) is 12.1. The molecule has 1 aliphatic carbocycles. The maximum absolute atomic E-state index is 14.7. The number of phenols is 1. The van der Waals surface area contributed by atoms with Gasteiger partial charge in [0.25, 0.3) is 0 Å². The lowest BCUT2D eigenvalue weighted by molar-refractivity contribution is -0.140. The van der Waals surface area contributed by atoms with Crippen molar-refractivity contribution in [2.75, 3.05) is 124 Å². The van der Waals surface area contributed by atoms with E-state index in [1.807, 2.05) is 71.6 Å². The first-order valence-corrected chi connectivity index (χ1v) is 35.2. The lowest BCUT2D eigenvalue weighted by Gasteiger charge is -2.32. The fraction of sp³-hybridized carbons (Fsp3) is 0.446. The summed E-state index contributed by atoms with van der Waals surface area (Å²) in [5.74, 6) is -5.85. The number of nitrogens with zero attached hydrogens (tertiary/aromatic N) is 5. The zero-order valence-corrected chi connectivity index (χ0v) is 58.7. The molecule has 560 valence electrons. The largest absolute Gasteiger partial charge is 0.508 e. The standard InChI is InChI=1S/C74H98N14O16/c1-2-63(90)77-33-34-80-73(101)84-72(75)79-32-15-25-61(70(99)81-45-51-26-28-54(89)29-27-51)82-71(100)68(52-16-4-3-5-17-52)53-18-14-19-55(44-53)103-43-13-12-31-78-69(98)62(83-74(102)104-50-60-58-22-8-6-20-56(58)57-21-7-9-23-59(57)60)24-10-11-30-76-64(91)46-85-35-37-86(47-65(92)93)39-41-88(49-67(96)97)42-40-87(38-36-85)48-66(94)95/h3-9,14,16-23,26-29,44,60-62,68,89H,2,10-13,15,24-25,30-43,45-50H2,1H3,(H,76,91)(H,77,90)(H,78,98)(H,81,99)(H,82,100)(H,83,102)(H,92,93)(H,94,95)(H,96,97)(H4,75,79,80,84,101)/t61-,62-,68?/m1/s1. The van der Waals surface area contributed by atoms with Gasteiger partial charge < -0.3 is 72.9 Å². The van der Waals surface area contributed by atoms with Crippen LogP contribution in [0.25, 0.3) is 11.1 Å². The van der Waals surface area contributed by atoms with Crippen LogP contribution in [0.15, 0.2) is 132 Å². The quantitative estimate of drug-likeness (QED) is 0.0153. The Balaban J connectivity index is 0.940. The number of ether oxygens (including phenoxy) is 2. The number of urea groups is 1. The molecule has 1 aliphatic heterocycles. The third-order valence-corrected chi connectivity index (χ3v) is 17.6. The normalized spacial score (nSPS) is 14.8. The van der Waals surface area contributed by atoms with Crippen LogP contribution < -0.4 is 53.0 Å². The highest BCUT2D eigenvalue weighted by atomic mass is 16.5. The number of carbonyl (C=O) groups excluding carboxylic acids is 7. The van der Waals surface area contributed by atoms with Crippen LogP contribution in [-0.4, -0.2) is 242 Å². The van der Waals surface area contributed by atoms with Crippen LogP contribution in [0, 0.1) is 0 Å². The number of carbonyl (C=O) groups is 10. The molecule has 1 saturated heterocycles. The van der Waals surface area contributed by atoms with E-state index in [9.17, 15) is 68.4 Å². The van der Waals surface area contributed by atoms with E-state index in [4.69, 9.17) is 15.2 Å². The van der Waals surface area contributed by atoms with Crippen LogP contribution in [0.2, 0.25) is 0 Å². The molecule has 14 N–H and O–H groups in total.